The maximum absolute atomic E-state index is 11.0. The van der Waals surface area contributed by atoms with Gasteiger partial charge in [-0.15, -0.1) is 16.9 Å². The maximum atomic E-state index is 11.0. The first-order chi connectivity index (χ1) is 8.13. The number of ether oxygens (including phenoxy) is 1. The lowest BCUT2D eigenvalue weighted by molar-refractivity contribution is -0.139. The van der Waals surface area contributed by atoms with Gasteiger partial charge < -0.3 is 9.84 Å². The van der Waals surface area contributed by atoms with Gasteiger partial charge in [-0.2, -0.15) is 0 Å². The number of nitrogens with zero attached hydrogens (tertiary/aromatic N) is 3. The Kier molecular flexibility index (Phi) is 5.47. The summed E-state index contributed by atoms with van der Waals surface area (Å²) in [5.74, 6) is -0.423. The Bertz CT molecular complexity index is 393. The number of carboxylic acids is 1. The van der Waals surface area contributed by atoms with Gasteiger partial charge in [-0.3, -0.25) is 9.48 Å². The SMILES string of the molecule is CCOC(=O)CSCCn1cc(C(=O)O)nn1. The van der Waals surface area contributed by atoms with Gasteiger partial charge in [-0.1, -0.05) is 5.21 Å². The molecule has 0 fully saturated rings. The predicted octanol–water partition coefficient (Wildman–Crippen LogP) is 0.273. The van der Waals surface area contributed by atoms with Gasteiger partial charge in [0.1, 0.15) is 0 Å². The minimum Gasteiger partial charge on any atom is -0.476 e. The van der Waals surface area contributed by atoms with Gasteiger partial charge in [0.25, 0.3) is 0 Å². The summed E-state index contributed by atoms with van der Waals surface area (Å²) in [5, 5.41) is 15.7. The third kappa shape index (κ3) is 4.85. The van der Waals surface area contributed by atoms with Crippen molar-refractivity contribution in [2.75, 3.05) is 18.1 Å². The lowest BCUT2D eigenvalue weighted by Crippen LogP contribution is -2.09. The molecule has 0 aliphatic heterocycles. The van der Waals surface area contributed by atoms with E-state index >= 15 is 0 Å². The number of esters is 1. The van der Waals surface area contributed by atoms with Crippen LogP contribution in [0.1, 0.15) is 17.4 Å². The van der Waals surface area contributed by atoms with Crippen molar-refractivity contribution in [3.63, 3.8) is 0 Å². The smallest absolute Gasteiger partial charge is 0.358 e. The van der Waals surface area contributed by atoms with E-state index in [-0.39, 0.29) is 17.4 Å². The molecule has 0 unspecified atom stereocenters. The fraction of sp³-hybridized carbons (Fsp3) is 0.556. The van der Waals surface area contributed by atoms with E-state index in [1.54, 1.807) is 6.92 Å². The van der Waals surface area contributed by atoms with Gasteiger partial charge in [0.05, 0.1) is 25.1 Å². The zero-order valence-electron chi connectivity index (χ0n) is 9.33. The van der Waals surface area contributed by atoms with Crippen molar-refractivity contribution in [3.05, 3.63) is 11.9 Å². The molecule has 1 aromatic heterocycles. The first-order valence-electron chi connectivity index (χ1n) is 5.00. The van der Waals surface area contributed by atoms with Crippen molar-refractivity contribution >= 4 is 23.7 Å². The van der Waals surface area contributed by atoms with Crippen LogP contribution in [0.5, 0.6) is 0 Å². The van der Waals surface area contributed by atoms with Crippen LogP contribution in [-0.4, -0.2) is 50.2 Å². The van der Waals surface area contributed by atoms with Crippen LogP contribution in [0.2, 0.25) is 0 Å². The van der Waals surface area contributed by atoms with E-state index in [0.717, 1.165) is 0 Å². The molecule has 0 radical (unpaired) electrons. The monoisotopic (exact) mass is 259 g/mol. The quantitative estimate of drug-likeness (QED) is 0.555. The number of aryl methyl sites for hydroxylation is 1. The summed E-state index contributed by atoms with van der Waals surface area (Å²) in [6.45, 7) is 2.64. The standard InChI is InChI=1S/C9H13N3O4S/c1-2-16-8(13)6-17-4-3-12-5-7(9(14)15)10-11-12/h5H,2-4,6H2,1H3,(H,14,15). The first-order valence-corrected chi connectivity index (χ1v) is 6.15. The number of carboxylic acid groups (broad SMARTS) is 1. The summed E-state index contributed by atoms with van der Waals surface area (Å²) >= 11 is 1.40. The molecule has 1 heterocycles. The van der Waals surface area contributed by atoms with Gasteiger partial charge in [-0.05, 0) is 6.92 Å². The highest BCUT2D eigenvalue weighted by Crippen LogP contribution is 2.02. The highest BCUT2D eigenvalue weighted by Gasteiger charge is 2.08. The molecule has 0 spiro atoms. The molecule has 7 nitrogen and oxygen atoms in total. The third-order valence-corrected chi connectivity index (χ3v) is 2.66. The summed E-state index contributed by atoms with van der Waals surface area (Å²) in [6.07, 6.45) is 1.35. The van der Waals surface area contributed by atoms with Crippen LogP contribution in [0.25, 0.3) is 0 Å². The normalized spacial score (nSPS) is 10.2. The fourth-order valence-electron chi connectivity index (χ4n) is 1.02. The molecule has 0 saturated carbocycles. The number of aromatic nitrogens is 3. The van der Waals surface area contributed by atoms with Gasteiger partial charge >= 0.3 is 11.9 Å². The third-order valence-electron chi connectivity index (χ3n) is 1.75. The van der Waals surface area contributed by atoms with E-state index in [9.17, 15) is 9.59 Å². The topological polar surface area (TPSA) is 94.3 Å². The Hall–Kier alpha value is -1.57. The predicted molar refractivity (Wildman–Crippen MR) is 60.9 cm³/mol. The van der Waals surface area contributed by atoms with Crippen LogP contribution >= 0.6 is 11.8 Å². The average molecular weight is 259 g/mol. The summed E-state index contributed by atoms with van der Waals surface area (Å²) in [6, 6.07) is 0. The average Bonchev–Trinajstić information content (AvgIpc) is 2.73. The Balaban J connectivity index is 2.22. The lowest BCUT2D eigenvalue weighted by Gasteiger charge is -2.01. The van der Waals surface area contributed by atoms with E-state index in [1.807, 2.05) is 0 Å². The second kappa shape index (κ2) is 6.89. The highest BCUT2D eigenvalue weighted by molar-refractivity contribution is 7.99. The molecule has 1 rings (SSSR count). The molecule has 1 N–H and O–H groups in total. The van der Waals surface area contributed by atoms with Gasteiger partial charge in [0.2, 0.25) is 0 Å². The van der Waals surface area contributed by atoms with Gasteiger partial charge in [0, 0.05) is 5.75 Å². The van der Waals surface area contributed by atoms with E-state index in [4.69, 9.17) is 9.84 Å². The summed E-state index contributed by atoms with van der Waals surface area (Å²) < 4.78 is 6.19. The summed E-state index contributed by atoms with van der Waals surface area (Å²) in [4.78, 5) is 21.5. The molecule has 0 aliphatic rings. The number of hydrogen-bond acceptors (Lipinski definition) is 6. The molecular formula is C9H13N3O4S. The highest BCUT2D eigenvalue weighted by atomic mass is 32.2. The molecular weight excluding hydrogens is 246 g/mol. The van der Waals surface area contributed by atoms with E-state index in [1.165, 1.54) is 22.6 Å². The van der Waals surface area contributed by atoms with Crippen LogP contribution < -0.4 is 0 Å². The van der Waals surface area contributed by atoms with E-state index in [2.05, 4.69) is 10.3 Å². The summed E-state index contributed by atoms with van der Waals surface area (Å²) in [7, 11) is 0. The van der Waals surface area contributed by atoms with Gasteiger partial charge in [-0.25, -0.2) is 4.79 Å². The lowest BCUT2D eigenvalue weighted by atomic mass is 10.5. The molecule has 1 aromatic rings. The Morgan fingerprint density at radius 3 is 2.94 bits per heavy atom. The Morgan fingerprint density at radius 1 is 1.59 bits per heavy atom. The first kappa shape index (κ1) is 13.5. The number of hydrogen-bond donors (Lipinski definition) is 1. The number of aromatic carboxylic acids is 1. The van der Waals surface area contributed by atoms with Crippen molar-refractivity contribution in [3.8, 4) is 0 Å². The molecule has 8 heteroatoms. The number of carbonyl (C=O) groups is 2. The molecule has 0 atom stereocenters. The van der Waals surface area contributed by atoms with Gasteiger partial charge in [0.15, 0.2) is 5.69 Å². The number of rotatable bonds is 7. The molecule has 17 heavy (non-hydrogen) atoms. The fourth-order valence-corrected chi connectivity index (χ4v) is 1.73. The minimum atomic E-state index is -1.10. The van der Waals surface area contributed by atoms with Crippen molar-refractivity contribution in [1.29, 1.82) is 0 Å². The molecule has 94 valence electrons. The number of carbonyl (C=O) groups excluding carboxylic acids is 1. The number of thioether (sulfide) groups is 1. The molecule has 0 bridgehead atoms. The second-order valence-electron chi connectivity index (χ2n) is 3.03. The second-order valence-corrected chi connectivity index (χ2v) is 4.13. The maximum Gasteiger partial charge on any atom is 0.358 e. The van der Waals surface area contributed by atoms with E-state index in [0.29, 0.717) is 18.9 Å². The van der Waals surface area contributed by atoms with Crippen LogP contribution in [0.15, 0.2) is 6.20 Å². The molecule has 0 aromatic carbocycles. The molecule has 0 saturated heterocycles. The zero-order chi connectivity index (χ0) is 12.7. The largest absolute Gasteiger partial charge is 0.476 e. The molecule has 0 amide bonds. The Labute approximate surface area is 102 Å². The van der Waals surface area contributed by atoms with Crippen molar-refractivity contribution in [2.45, 2.75) is 13.5 Å². The minimum absolute atomic E-state index is 0.0830. The zero-order valence-corrected chi connectivity index (χ0v) is 10.1. The Morgan fingerprint density at radius 2 is 2.35 bits per heavy atom. The molecule has 0 aliphatic carbocycles. The van der Waals surface area contributed by atoms with Crippen LogP contribution in [0, 0.1) is 0 Å². The van der Waals surface area contributed by atoms with Crippen molar-refractivity contribution in [2.24, 2.45) is 0 Å². The van der Waals surface area contributed by atoms with Crippen molar-refractivity contribution in [1.82, 2.24) is 15.0 Å². The van der Waals surface area contributed by atoms with Crippen LogP contribution in [0.3, 0.4) is 0 Å². The van der Waals surface area contributed by atoms with E-state index < -0.39 is 5.97 Å². The van der Waals surface area contributed by atoms with Crippen LogP contribution in [0.4, 0.5) is 0 Å². The summed E-state index contributed by atoms with van der Waals surface area (Å²) in [5.41, 5.74) is -0.0830. The van der Waals surface area contributed by atoms with Crippen molar-refractivity contribution < 1.29 is 19.4 Å². The van der Waals surface area contributed by atoms with Crippen LogP contribution in [-0.2, 0) is 16.1 Å².